The van der Waals surface area contributed by atoms with Crippen molar-refractivity contribution in [2.75, 3.05) is 26.2 Å². The Morgan fingerprint density at radius 3 is 2.45 bits per heavy atom. The maximum Gasteiger partial charge on any atom is 0.241 e. The molecule has 1 aromatic carbocycles. The van der Waals surface area contributed by atoms with Crippen LogP contribution in [0.25, 0.3) is 0 Å². The number of hydrogen-bond acceptors (Lipinski definition) is 3. The van der Waals surface area contributed by atoms with Crippen LogP contribution in [0.1, 0.15) is 51.5 Å². The molecule has 1 aromatic rings. The quantitative estimate of drug-likeness (QED) is 0.827. The number of amides is 3. The number of nitrogens with one attached hydrogen (secondary N) is 1. The highest BCUT2D eigenvalue weighted by Crippen LogP contribution is 2.43. The molecule has 2 fully saturated rings. The molecule has 2 saturated heterocycles. The summed E-state index contributed by atoms with van der Waals surface area (Å²) in [6.07, 6.45) is 4.71. The Morgan fingerprint density at radius 1 is 1.10 bits per heavy atom. The molecule has 2 aliphatic heterocycles. The highest BCUT2D eigenvalue weighted by Gasteiger charge is 2.45. The Labute approximate surface area is 173 Å². The fourth-order valence-corrected chi connectivity index (χ4v) is 4.78. The molecule has 0 bridgehead atoms. The highest BCUT2D eigenvalue weighted by molar-refractivity contribution is 5.84. The van der Waals surface area contributed by atoms with E-state index in [-0.39, 0.29) is 35.6 Å². The van der Waals surface area contributed by atoms with Crippen LogP contribution in [0.3, 0.4) is 0 Å². The first-order valence-corrected chi connectivity index (χ1v) is 10.8. The Kier molecular flexibility index (Phi) is 6.93. The molecule has 0 aromatic heterocycles. The molecule has 3 amide bonds. The number of likely N-dealkylation sites (tertiary alicyclic amines) is 2. The molecule has 0 unspecified atom stereocenters. The standard InChI is InChI=1S/C23H33N3O3/c1-18(27)24-16-21(28)25-14-10-20(11-15-25)23(2)12-6-7-13-26(22(23)29)17-19-8-4-3-5-9-19/h3-5,8-9,20H,6-7,10-17H2,1-2H3,(H,24,27)/t23-/m1/s1. The van der Waals surface area contributed by atoms with Crippen molar-refractivity contribution >= 4 is 17.7 Å². The minimum Gasteiger partial charge on any atom is -0.347 e. The number of nitrogens with zero attached hydrogens (tertiary/aromatic N) is 2. The summed E-state index contributed by atoms with van der Waals surface area (Å²) in [6.45, 7) is 6.41. The van der Waals surface area contributed by atoms with Crippen molar-refractivity contribution in [1.82, 2.24) is 15.1 Å². The van der Waals surface area contributed by atoms with Crippen molar-refractivity contribution < 1.29 is 14.4 Å². The largest absolute Gasteiger partial charge is 0.347 e. The number of piperidine rings is 1. The molecule has 2 heterocycles. The summed E-state index contributed by atoms with van der Waals surface area (Å²) in [6, 6.07) is 10.2. The van der Waals surface area contributed by atoms with Gasteiger partial charge in [-0.2, -0.15) is 0 Å². The summed E-state index contributed by atoms with van der Waals surface area (Å²) >= 11 is 0. The zero-order valence-electron chi connectivity index (χ0n) is 17.7. The summed E-state index contributed by atoms with van der Waals surface area (Å²) in [5.41, 5.74) is 0.807. The molecule has 3 rings (SSSR count). The SMILES string of the molecule is CC(=O)NCC(=O)N1CCC([C@@]2(C)CCCCN(Cc3ccccc3)C2=O)CC1. The van der Waals surface area contributed by atoms with Crippen LogP contribution < -0.4 is 5.32 Å². The monoisotopic (exact) mass is 399 g/mol. The summed E-state index contributed by atoms with van der Waals surface area (Å²) in [5, 5.41) is 2.58. The lowest BCUT2D eigenvalue weighted by atomic mass is 9.69. The van der Waals surface area contributed by atoms with Crippen LogP contribution in [-0.4, -0.2) is 53.7 Å². The second-order valence-electron chi connectivity index (χ2n) is 8.65. The van der Waals surface area contributed by atoms with Crippen LogP contribution in [0.5, 0.6) is 0 Å². The van der Waals surface area contributed by atoms with Crippen molar-refractivity contribution in [3.63, 3.8) is 0 Å². The lowest BCUT2D eigenvalue weighted by molar-refractivity contribution is -0.146. The summed E-state index contributed by atoms with van der Waals surface area (Å²) in [4.78, 5) is 40.7. The number of benzene rings is 1. The van der Waals surface area contributed by atoms with E-state index in [9.17, 15) is 14.4 Å². The van der Waals surface area contributed by atoms with Gasteiger partial charge in [-0.15, -0.1) is 0 Å². The molecule has 0 saturated carbocycles. The summed E-state index contributed by atoms with van der Waals surface area (Å²) in [7, 11) is 0. The van der Waals surface area contributed by atoms with E-state index in [0.717, 1.165) is 38.6 Å². The number of carbonyl (C=O) groups is 3. The van der Waals surface area contributed by atoms with E-state index in [2.05, 4.69) is 24.4 Å². The van der Waals surface area contributed by atoms with Crippen molar-refractivity contribution in [3.8, 4) is 0 Å². The number of carbonyl (C=O) groups excluding carboxylic acids is 3. The average Bonchev–Trinajstić information content (AvgIpc) is 2.87. The van der Waals surface area contributed by atoms with E-state index in [1.807, 2.05) is 28.0 Å². The molecule has 158 valence electrons. The molecule has 29 heavy (non-hydrogen) atoms. The average molecular weight is 400 g/mol. The van der Waals surface area contributed by atoms with Gasteiger partial charge in [0.2, 0.25) is 17.7 Å². The molecular formula is C23H33N3O3. The number of hydrogen-bond donors (Lipinski definition) is 1. The number of rotatable bonds is 5. The maximum atomic E-state index is 13.6. The van der Waals surface area contributed by atoms with Crippen molar-refractivity contribution in [2.45, 2.75) is 52.5 Å². The summed E-state index contributed by atoms with van der Waals surface area (Å²) < 4.78 is 0. The van der Waals surface area contributed by atoms with Crippen LogP contribution >= 0.6 is 0 Å². The van der Waals surface area contributed by atoms with Crippen molar-refractivity contribution in [2.24, 2.45) is 11.3 Å². The molecule has 1 atom stereocenters. The van der Waals surface area contributed by atoms with Crippen LogP contribution in [-0.2, 0) is 20.9 Å². The smallest absolute Gasteiger partial charge is 0.241 e. The van der Waals surface area contributed by atoms with Gasteiger partial charge in [-0.1, -0.05) is 43.7 Å². The molecule has 6 heteroatoms. The Balaban J connectivity index is 1.63. The molecule has 0 radical (unpaired) electrons. The zero-order chi connectivity index (χ0) is 20.9. The first kappa shape index (κ1) is 21.3. The summed E-state index contributed by atoms with van der Waals surface area (Å²) in [5.74, 6) is 0.322. The predicted molar refractivity (Wildman–Crippen MR) is 112 cm³/mol. The van der Waals surface area contributed by atoms with Crippen molar-refractivity contribution in [3.05, 3.63) is 35.9 Å². The molecule has 0 spiro atoms. The second kappa shape index (κ2) is 9.42. The normalized spacial score (nSPS) is 23.6. The lowest BCUT2D eigenvalue weighted by Crippen LogP contribution is -2.50. The van der Waals surface area contributed by atoms with E-state index in [1.165, 1.54) is 12.5 Å². The van der Waals surface area contributed by atoms with Crippen LogP contribution in [0.2, 0.25) is 0 Å². The maximum absolute atomic E-state index is 13.6. The van der Waals surface area contributed by atoms with Gasteiger partial charge in [-0.25, -0.2) is 0 Å². The Bertz CT molecular complexity index is 728. The fraction of sp³-hybridized carbons (Fsp3) is 0.609. The third-order valence-electron chi connectivity index (χ3n) is 6.60. The van der Waals surface area contributed by atoms with E-state index < -0.39 is 0 Å². The van der Waals surface area contributed by atoms with Crippen LogP contribution in [0, 0.1) is 11.3 Å². The van der Waals surface area contributed by atoms with Gasteiger partial charge in [0.05, 0.1) is 6.54 Å². The minimum atomic E-state index is -0.363. The fourth-order valence-electron chi connectivity index (χ4n) is 4.78. The van der Waals surface area contributed by atoms with Gasteiger partial charge in [0.25, 0.3) is 0 Å². The lowest BCUT2D eigenvalue weighted by Gasteiger charge is -2.43. The van der Waals surface area contributed by atoms with Gasteiger partial charge in [-0.3, -0.25) is 14.4 Å². The Morgan fingerprint density at radius 2 is 1.79 bits per heavy atom. The first-order valence-electron chi connectivity index (χ1n) is 10.8. The molecule has 6 nitrogen and oxygen atoms in total. The van der Waals surface area contributed by atoms with E-state index in [4.69, 9.17) is 0 Å². The van der Waals surface area contributed by atoms with Gasteiger partial charge >= 0.3 is 0 Å². The molecule has 0 aliphatic carbocycles. The van der Waals surface area contributed by atoms with E-state index in [1.54, 1.807) is 0 Å². The third-order valence-corrected chi connectivity index (χ3v) is 6.60. The molecule has 1 N–H and O–H groups in total. The highest BCUT2D eigenvalue weighted by atomic mass is 16.2. The van der Waals surface area contributed by atoms with Gasteiger partial charge in [-0.05, 0) is 37.2 Å². The van der Waals surface area contributed by atoms with Gasteiger partial charge < -0.3 is 15.1 Å². The van der Waals surface area contributed by atoms with Crippen molar-refractivity contribution in [1.29, 1.82) is 0 Å². The Hall–Kier alpha value is -2.37. The third kappa shape index (κ3) is 5.17. The second-order valence-corrected chi connectivity index (χ2v) is 8.65. The van der Waals surface area contributed by atoms with Crippen LogP contribution in [0.15, 0.2) is 30.3 Å². The molecular weight excluding hydrogens is 366 g/mol. The minimum absolute atomic E-state index is 0.0401. The van der Waals surface area contributed by atoms with Gasteiger partial charge in [0.15, 0.2) is 0 Å². The van der Waals surface area contributed by atoms with E-state index >= 15 is 0 Å². The zero-order valence-corrected chi connectivity index (χ0v) is 17.7. The van der Waals surface area contributed by atoms with Gasteiger partial charge in [0.1, 0.15) is 0 Å². The predicted octanol–water partition coefficient (Wildman–Crippen LogP) is 2.58. The molecule has 2 aliphatic rings. The topological polar surface area (TPSA) is 69.7 Å². The van der Waals surface area contributed by atoms with E-state index in [0.29, 0.717) is 19.6 Å². The van der Waals surface area contributed by atoms with Crippen LogP contribution in [0.4, 0.5) is 0 Å². The van der Waals surface area contributed by atoms with Gasteiger partial charge in [0, 0.05) is 38.5 Å². The first-order chi connectivity index (χ1) is 13.9.